The summed E-state index contributed by atoms with van der Waals surface area (Å²) in [6.07, 6.45) is 2.40. The average Bonchev–Trinajstić information content (AvgIpc) is 2.41. The van der Waals surface area contributed by atoms with Crippen LogP contribution in [-0.4, -0.2) is 25.8 Å². The maximum Gasteiger partial charge on any atom is 0.225 e. The summed E-state index contributed by atoms with van der Waals surface area (Å²) < 4.78 is 23.5. The zero-order valence-corrected chi connectivity index (χ0v) is 13.6. The van der Waals surface area contributed by atoms with Gasteiger partial charge in [-0.2, -0.15) is 0 Å². The Morgan fingerprint density at radius 1 is 1.29 bits per heavy atom. The van der Waals surface area contributed by atoms with Gasteiger partial charge in [0.2, 0.25) is 5.91 Å². The van der Waals surface area contributed by atoms with E-state index in [1.807, 2.05) is 6.92 Å². The lowest BCUT2D eigenvalue weighted by Gasteiger charge is -2.09. The zero-order valence-electron chi connectivity index (χ0n) is 12.1. The zero-order chi connectivity index (χ0) is 15.9. The molecule has 0 bridgehead atoms. The summed E-state index contributed by atoms with van der Waals surface area (Å²) in [6, 6.07) is 4.73. The predicted molar refractivity (Wildman–Crippen MR) is 87.3 cm³/mol. The van der Waals surface area contributed by atoms with Crippen molar-refractivity contribution in [3.63, 3.8) is 0 Å². The van der Waals surface area contributed by atoms with E-state index in [1.165, 1.54) is 6.07 Å². The lowest BCUT2D eigenvalue weighted by atomic mass is 10.2. The number of carbonyl (C=O) groups excluding carboxylic acids is 1. The van der Waals surface area contributed by atoms with Gasteiger partial charge in [0.15, 0.2) is 9.84 Å². The monoisotopic (exact) mass is 332 g/mol. The molecule has 0 radical (unpaired) electrons. The Labute approximate surface area is 130 Å². The highest BCUT2D eigenvalue weighted by atomic mass is 35.5. The highest BCUT2D eigenvalue weighted by Gasteiger charge is 2.14. The highest BCUT2D eigenvalue weighted by Crippen LogP contribution is 2.23. The third-order valence-corrected chi connectivity index (χ3v) is 4.96. The maximum absolute atomic E-state index is 11.8. The molecule has 0 saturated carbocycles. The van der Waals surface area contributed by atoms with Gasteiger partial charge in [-0.25, -0.2) is 8.42 Å². The van der Waals surface area contributed by atoms with Crippen LogP contribution in [0.4, 0.5) is 11.4 Å². The Bertz CT molecular complexity index is 588. The van der Waals surface area contributed by atoms with Crippen molar-refractivity contribution in [2.75, 3.05) is 22.6 Å². The fourth-order valence-corrected chi connectivity index (χ4v) is 3.29. The third-order valence-electron chi connectivity index (χ3n) is 2.99. The van der Waals surface area contributed by atoms with E-state index in [0.29, 0.717) is 22.8 Å². The molecule has 0 aromatic heterocycles. The third kappa shape index (κ3) is 6.82. The molecular weight excluding hydrogens is 312 g/mol. The second kappa shape index (κ2) is 8.24. The Morgan fingerprint density at radius 2 is 2.00 bits per heavy atom. The minimum Gasteiger partial charge on any atom is -0.397 e. The molecule has 0 aliphatic rings. The minimum absolute atomic E-state index is 0.0829. The van der Waals surface area contributed by atoms with Crippen LogP contribution in [0, 0.1) is 0 Å². The number of nitrogens with two attached hydrogens (primary N) is 1. The van der Waals surface area contributed by atoms with Crippen LogP contribution in [-0.2, 0) is 14.6 Å². The van der Waals surface area contributed by atoms with E-state index in [9.17, 15) is 13.2 Å². The second-order valence-corrected chi connectivity index (χ2v) is 7.63. The summed E-state index contributed by atoms with van der Waals surface area (Å²) in [7, 11) is -3.18. The smallest absolute Gasteiger partial charge is 0.225 e. The fraction of sp³-hybridized carbons (Fsp3) is 0.500. The molecule has 1 amide bonds. The molecule has 0 unspecified atom stereocenters. The molecule has 3 N–H and O–H groups in total. The number of hydrogen-bond acceptors (Lipinski definition) is 4. The van der Waals surface area contributed by atoms with E-state index in [-0.39, 0.29) is 23.8 Å². The Kier molecular flexibility index (Phi) is 6.98. The number of hydrogen-bond donors (Lipinski definition) is 2. The molecule has 0 aliphatic heterocycles. The molecule has 0 heterocycles. The number of halogens is 1. The summed E-state index contributed by atoms with van der Waals surface area (Å²) in [4.78, 5) is 11.8. The lowest BCUT2D eigenvalue weighted by Crippen LogP contribution is -2.19. The molecule has 1 rings (SSSR count). The van der Waals surface area contributed by atoms with Crippen molar-refractivity contribution >= 4 is 38.7 Å². The number of nitrogen functional groups attached to an aromatic ring is 1. The molecule has 0 spiro atoms. The topological polar surface area (TPSA) is 89.3 Å². The van der Waals surface area contributed by atoms with Gasteiger partial charge in [0, 0.05) is 11.4 Å². The van der Waals surface area contributed by atoms with Crippen molar-refractivity contribution in [1.29, 1.82) is 0 Å². The van der Waals surface area contributed by atoms with Crippen LogP contribution in [0.15, 0.2) is 18.2 Å². The van der Waals surface area contributed by atoms with Crippen molar-refractivity contribution in [1.82, 2.24) is 0 Å². The molecular formula is C14H21ClN2O3S. The number of benzene rings is 1. The van der Waals surface area contributed by atoms with Crippen LogP contribution in [0.25, 0.3) is 0 Å². The van der Waals surface area contributed by atoms with Gasteiger partial charge in [-0.15, -0.1) is 0 Å². The van der Waals surface area contributed by atoms with Gasteiger partial charge in [-0.05, 0) is 24.6 Å². The lowest BCUT2D eigenvalue weighted by molar-refractivity contribution is -0.115. The number of sulfone groups is 1. The van der Waals surface area contributed by atoms with Gasteiger partial charge in [0.25, 0.3) is 0 Å². The maximum atomic E-state index is 11.8. The number of nitrogens with one attached hydrogen (secondary N) is 1. The molecule has 1 aromatic carbocycles. The normalized spacial score (nSPS) is 11.3. The van der Waals surface area contributed by atoms with E-state index in [2.05, 4.69) is 5.32 Å². The molecule has 0 atom stereocenters. The highest BCUT2D eigenvalue weighted by molar-refractivity contribution is 7.91. The van der Waals surface area contributed by atoms with Crippen molar-refractivity contribution in [2.45, 2.75) is 32.6 Å². The molecule has 118 valence electrons. The van der Waals surface area contributed by atoms with Gasteiger partial charge in [0.05, 0.1) is 22.9 Å². The van der Waals surface area contributed by atoms with E-state index in [1.54, 1.807) is 12.1 Å². The Morgan fingerprint density at radius 3 is 2.67 bits per heavy atom. The predicted octanol–water partition coefficient (Wildman–Crippen LogP) is 2.86. The van der Waals surface area contributed by atoms with Crippen LogP contribution < -0.4 is 11.1 Å². The number of carbonyl (C=O) groups is 1. The Hall–Kier alpha value is -1.27. The number of unbranched alkanes of at least 4 members (excludes halogenated alkanes) is 2. The number of amides is 1. The minimum atomic E-state index is -3.18. The van der Waals surface area contributed by atoms with Gasteiger partial charge in [-0.1, -0.05) is 31.4 Å². The summed E-state index contributed by atoms with van der Waals surface area (Å²) in [5.74, 6) is -0.403. The van der Waals surface area contributed by atoms with Gasteiger partial charge < -0.3 is 11.1 Å². The van der Waals surface area contributed by atoms with E-state index < -0.39 is 9.84 Å². The van der Waals surface area contributed by atoms with Gasteiger partial charge in [0.1, 0.15) is 0 Å². The molecule has 0 fully saturated rings. The summed E-state index contributed by atoms with van der Waals surface area (Å²) in [5.41, 5.74) is 6.50. The van der Waals surface area contributed by atoms with E-state index in [4.69, 9.17) is 17.3 Å². The SMILES string of the molecule is CCCCCS(=O)(=O)CCC(=O)Nc1cc(Cl)ccc1N. The first-order chi connectivity index (χ1) is 9.84. The largest absolute Gasteiger partial charge is 0.397 e. The molecule has 21 heavy (non-hydrogen) atoms. The second-order valence-electron chi connectivity index (χ2n) is 4.89. The van der Waals surface area contributed by atoms with E-state index in [0.717, 1.165) is 12.8 Å². The molecule has 0 saturated heterocycles. The van der Waals surface area contributed by atoms with Crippen LogP contribution in [0.1, 0.15) is 32.6 Å². The summed E-state index contributed by atoms with van der Waals surface area (Å²) in [5, 5.41) is 3.03. The number of rotatable bonds is 8. The van der Waals surface area contributed by atoms with Crippen molar-refractivity contribution in [3.8, 4) is 0 Å². The fourth-order valence-electron chi connectivity index (χ4n) is 1.77. The summed E-state index contributed by atoms with van der Waals surface area (Å²) >= 11 is 5.82. The van der Waals surface area contributed by atoms with Crippen molar-refractivity contribution in [2.24, 2.45) is 0 Å². The van der Waals surface area contributed by atoms with Crippen LogP contribution in [0.3, 0.4) is 0 Å². The molecule has 1 aromatic rings. The molecule has 7 heteroatoms. The molecule has 0 aliphatic carbocycles. The quantitative estimate of drug-likeness (QED) is 0.566. The number of anilines is 2. The Balaban J connectivity index is 2.49. The van der Waals surface area contributed by atoms with Crippen LogP contribution in [0.2, 0.25) is 5.02 Å². The standard InChI is InChI=1S/C14H21ClN2O3S/c1-2-3-4-8-21(19,20)9-7-14(18)17-13-10-11(15)5-6-12(13)16/h5-6,10H,2-4,7-9,16H2,1H3,(H,17,18). The van der Waals surface area contributed by atoms with Crippen LogP contribution in [0.5, 0.6) is 0 Å². The van der Waals surface area contributed by atoms with Gasteiger partial charge >= 0.3 is 0 Å². The first-order valence-corrected chi connectivity index (χ1v) is 9.09. The van der Waals surface area contributed by atoms with Gasteiger partial charge in [-0.3, -0.25) is 4.79 Å². The van der Waals surface area contributed by atoms with Crippen molar-refractivity contribution in [3.05, 3.63) is 23.2 Å². The van der Waals surface area contributed by atoms with E-state index >= 15 is 0 Å². The molecule has 5 nitrogen and oxygen atoms in total. The first kappa shape index (κ1) is 17.8. The van der Waals surface area contributed by atoms with Crippen LogP contribution >= 0.6 is 11.6 Å². The average molecular weight is 333 g/mol. The van der Waals surface area contributed by atoms with Crippen molar-refractivity contribution < 1.29 is 13.2 Å². The summed E-state index contributed by atoms with van der Waals surface area (Å²) in [6.45, 7) is 2.01. The first-order valence-electron chi connectivity index (χ1n) is 6.89.